The van der Waals surface area contributed by atoms with E-state index in [0.717, 1.165) is 5.69 Å². The molecule has 2 aromatic heterocycles. The van der Waals surface area contributed by atoms with Crippen molar-refractivity contribution < 1.29 is 9.59 Å². The van der Waals surface area contributed by atoms with Crippen molar-refractivity contribution in [3.63, 3.8) is 0 Å². The van der Waals surface area contributed by atoms with Gasteiger partial charge in [-0.2, -0.15) is 5.10 Å². The van der Waals surface area contributed by atoms with Crippen molar-refractivity contribution in [3.8, 4) is 0 Å². The first-order chi connectivity index (χ1) is 9.24. The standard InChI is InChI=1S/C11H10N6O2/c18-10-7-3-6(4-13-8(7)1-2-12-10)16-11(19)9-14-5-15-17-9/h3-5H,1-2H2,(H,12,18)(H,16,19)(H,14,15,17). The van der Waals surface area contributed by atoms with Crippen molar-refractivity contribution in [3.05, 3.63) is 35.7 Å². The van der Waals surface area contributed by atoms with E-state index in [0.29, 0.717) is 24.2 Å². The van der Waals surface area contributed by atoms with E-state index >= 15 is 0 Å². The highest BCUT2D eigenvalue weighted by molar-refractivity contribution is 6.03. The van der Waals surface area contributed by atoms with Gasteiger partial charge in [0.05, 0.1) is 23.1 Å². The summed E-state index contributed by atoms with van der Waals surface area (Å²) < 4.78 is 0. The van der Waals surface area contributed by atoms with Gasteiger partial charge in [0, 0.05) is 13.0 Å². The first-order valence-corrected chi connectivity index (χ1v) is 5.68. The molecule has 8 nitrogen and oxygen atoms in total. The monoisotopic (exact) mass is 258 g/mol. The predicted molar refractivity (Wildman–Crippen MR) is 64.6 cm³/mol. The Bertz CT molecular complexity index is 637. The molecule has 0 bridgehead atoms. The van der Waals surface area contributed by atoms with Gasteiger partial charge in [-0.15, -0.1) is 0 Å². The molecule has 19 heavy (non-hydrogen) atoms. The number of H-pyrrole nitrogens is 1. The number of carbonyl (C=O) groups is 2. The summed E-state index contributed by atoms with van der Waals surface area (Å²) in [5.41, 5.74) is 1.67. The molecular weight excluding hydrogens is 248 g/mol. The molecule has 2 amide bonds. The summed E-state index contributed by atoms with van der Waals surface area (Å²) in [6.07, 6.45) is 3.45. The van der Waals surface area contributed by atoms with Crippen LogP contribution in [0.1, 0.15) is 26.7 Å². The maximum atomic E-state index is 11.8. The minimum absolute atomic E-state index is 0.0992. The molecule has 8 heteroatoms. The smallest absolute Gasteiger partial charge is 0.293 e. The highest BCUT2D eigenvalue weighted by atomic mass is 16.2. The van der Waals surface area contributed by atoms with Crippen LogP contribution in [0.5, 0.6) is 0 Å². The third-order valence-electron chi connectivity index (χ3n) is 2.75. The Hall–Kier alpha value is -2.77. The minimum atomic E-state index is -0.435. The summed E-state index contributed by atoms with van der Waals surface area (Å²) in [5, 5.41) is 11.4. The van der Waals surface area contributed by atoms with E-state index in [9.17, 15) is 9.59 Å². The lowest BCUT2D eigenvalue weighted by atomic mass is 10.1. The Morgan fingerprint density at radius 2 is 2.26 bits per heavy atom. The molecule has 2 aromatic rings. The zero-order valence-corrected chi connectivity index (χ0v) is 9.80. The summed E-state index contributed by atoms with van der Waals surface area (Å²) in [5.74, 6) is -0.512. The zero-order chi connectivity index (χ0) is 13.2. The van der Waals surface area contributed by atoms with Crippen LogP contribution in [0.25, 0.3) is 0 Å². The average molecular weight is 258 g/mol. The maximum Gasteiger partial charge on any atom is 0.293 e. The number of pyridine rings is 1. The number of rotatable bonds is 2. The molecule has 0 fully saturated rings. The van der Waals surface area contributed by atoms with E-state index in [1.165, 1.54) is 12.5 Å². The number of hydrogen-bond donors (Lipinski definition) is 3. The second kappa shape index (κ2) is 4.48. The number of aromatic amines is 1. The molecule has 3 rings (SSSR count). The molecule has 1 aliphatic rings. The highest BCUT2D eigenvalue weighted by Gasteiger charge is 2.19. The van der Waals surface area contributed by atoms with Crippen molar-refractivity contribution in [1.29, 1.82) is 0 Å². The molecule has 0 saturated heterocycles. The van der Waals surface area contributed by atoms with Crippen LogP contribution in [-0.4, -0.2) is 38.5 Å². The van der Waals surface area contributed by atoms with Crippen LogP contribution in [0.4, 0.5) is 5.69 Å². The van der Waals surface area contributed by atoms with Gasteiger partial charge in [-0.3, -0.25) is 19.7 Å². The molecule has 1 aliphatic heterocycles. The van der Waals surface area contributed by atoms with Gasteiger partial charge in [-0.1, -0.05) is 0 Å². The van der Waals surface area contributed by atoms with Crippen LogP contribution in [0.2, 0.25) is 0 Å². The van der Waals surface area contributed by atoms with E-state index in [1.54, 1.807) is 6.07 Å². The number of amides is 2. The van der Waals surface area contributed by atoms with Gasteiger partial charge in [0.1, 0.15) is 6.33 Å². The molecule has 3 heterocycles. The van der Waals surface area contributed by atoms with Crippen LogP contribution in [0.3, 0.4) is 0 Å². The molecule has 96 valence electrons. The minimum Gasteiger partial charge on any atom is -0.352 e. The largest absolute Gasteiger partial charge is 0.352 e. The normalized spacial score (nSPS) is 13.6. The summed E-state index contributed by atoms with van der Waals surface area (Å²) in [6.45, 7) is 0.586. The Kier molecular flexibility index (Phi) is 2.67. The number of nitrogens with one attached hydrogen (secondary N) is 3. The van der Waals surface area contributed by atoms with E-state index in [1.807, 2.05) is 0 Å². The van der Waals surface area contributed by atoms with Crippen LogP contribution >= 0.6 is 0 Å². The van der Waals surface area contributed by atoms with Crippen LogP contribution in [-0.2, 0) is 6.42 Å². The second-order valence-electron chi connectivity index (χ2n) is 4.01. The fraction of sp³-hybridized carbons (Fsp3) is 0.182. The molecule has 0 aromatic carbocycles. The first-order valence-electron chi connectivity index (χ1n) is 5.68. The fourth-order valence-electron chi connectivity index (χ4n) is 1.85. The van der Waals surface area contributed by atoms with Gasteiger partial charge in [0.25, 0.3) is 11.8 Å². The molecule has 0 atom stereocenters. The summed E-state index contributed by atoms with van der Waals surface area (Å²) in [7, 11) is 0. The SMILES string of the molecule is O=C(Nc1cnc2c(c1)C(=O)NCC2)c1ncn[nH]1. The Morgan fingerprint density at radius 1 is 1.37 bits per heavy atom. The second-order valence-corrected chi connectivity index (χ2v) is 4.01. The Balaban J connectivity index is 1.84. The third-order valence-corrected chi connectivity index (χ3v) is 2.75. The molecule has 3 N–H and O–H groups in total. The lowest BCUT2D eigenvalue weighted by Crippen LogP contribution is -2.32. The Labute approximate surface area is 107 Å². The topological polar surface area (TPSA) is 113 Å². The third kappa shape index (κ3) is 2.15. The van der Waals surface area contributed by atoms with Crippen LogP contribution in [0, 0.1) is 0 Å². The summed E-state index contributed by atoms with van der Waals surface area (Å²) in [4.78, 5) is 31.3. The molecule has 0 aliphatic carbocycles. The van der Waals surface area contributed by atoms with E-state index in [2.05, 4.69) is 30.8 Å². The van der Waals surface area contributed by atoms with Gasteiger partial charge in [-0.25, -0.2) is 4.98 Å². The van der Waals surface area contributed by atoms with E-state index < -0.39 is 5.91 Å². The van der Waals surface area contributed by atoms with Crippen molar-refractivity contribution >= 4 is 17.5 Å². The van der Waals surface area contributed by atoms with Crippen molar-refractivity contribution in [1.82, 2.24) is 25.5 Å². The lowest BCUT2D eigenvalue weighted by Gasteiger charge is -2.16. The molecule has 0 saturated carbocycles. The molecular formula is C11H10N6O2. The first kappa shape index (κ1) is 11.3. The predicted octanol–water partition coefficient (Wildman–Crippen LogP) is -0.262. The van der Waals surface area contributed by atoms with E-state index in [4.69, 9.17) is 0 Å². The number of aromatic nitrogens is 4. The average Bonchev–Trinajstić information content (AvgIpc) is 2.94. The number of carbonyl (C=O) groups excluding carboxylic acids is 2. The summed E-state index contributed by atoms with van der Waals surface area (Å²) in [6, 6.07) is 1.60. The number of nitrogens with zero attached hydrogens (tertiary/aromatic N) is 3. The van der Waals surface area contributed by atoms with Gasteiger partial charge < -0.3 is 10.6 Å². The molecule has 0 unspecified atom stereocenters. The number of hydrogen-bond acceptors (Lipinski definition) is 5. The lowest BCUT2D eigenvalue weighted by molar-refractivity contribution is 0.0943. The van der Waals surface area contributed by atoms with Crippen molar-refractivity contribution in [2.75, 3.05) is 11.9 Å². The van der Waals surface area contributed by atoms with Gasteiger partial charge in [0.2, 0.25) is 5.82 Å². The van der Waals surface area contributed by atoms with Gasteiger partial charge >= 0.3 is 0 Å². The fourth-order valence-corrected chi connectivity index (χ4v) is 1.85. The van der Waals surface area contributed by atoms with Crippen LogP contribution < -0.4 is 10.6 Å². The summed E-state index contributed by atoms with van der Waals surface area (Å²) >= 11 is 0. The zero-order valence-electron chi connectivity index (χ0n) is 9.80. The number of fused-ring (bicyclic) bond motifs is 1. The maximum absolute atomic E-state index is 11.8. The van der Waals surface area contributed by atoms with Crippen molar-refractivity contribution in [2.24, 2.45) is 0 Å². The quantitative estimate of drug-likeness (QED) is 0.686. The number of anilines is 1. The molecule has 0 spiro atoms. The molecule has 0 radical (unpaired) electrons. The van der Waals surface area contributed by atoms with Gasteiger partial charge in [-0.05, 0) is 6.07 Å². The van der Waals surface area contributed by atoms with E-state index in [-0.39, 0.29) is 11.7 Å². The van der Waals surface area contributed by atoms with Crippen LogP contribution in [0.15, 0.2) is 18.6 Å². The van der Waals surface area contributed by atoms with Crippen molar-refractivity contribution in [2.45, 2.75) is 6.42 Å². The highest BCUT2D eigenvalue weighted by Crippen LogP contribution is 2.16. The van der Waals surface area contributed by atoms with Gasteiger partial charge in [0.15, 0.2) is 0 Å². The Morgan fingerprint density at radius 3 is 3.05 bits per heavy atom.